The Morgan fingerprint density at radius 3 is 2.62 bits per heavy atom. The monoisotopic (exact) mass is 349 g/mol. The van der Waals surface area contributed by atoms with Crippen molar-refractivity contribution in [1.82, 2.24) is 10.3 Å². The zero-order valence-corrected chi connectivity index (χ0v) is 14.7. The van der Waals surface area contributed by atoms with Gasteiger partial charge >= 0.3 is 0 Å². The van der Waals surface area contributed by atoms with Gasteiger partial charge in [0.05, 0.1) is 28.8 Å². The first-order valence-corrected chi connectivity index (χ1v) is 8.30. The number of thiazole rings is 1. The maximum atomic E-state index is 12.5. The van der Waals surface area contributed by atoms with Crippen LogP contribution in [0.25, 0.3) is 0 Å². The van der Waals surface area contributed by atoms with E-state index in [2.05, 4.69) is 10.3 Å². The molecule has 1 heterocycles. The van der Waals surface area contributed by atoms with Crippen LogP contribution in [-0.4, -0.2) is 22.9 Å². The number of ether oxygens (including phenoxy) is 1. The number of hydrogen-bond donors (Lipinski definition) is 1. The fraction of sp³-hybridized carbons (Fsp3) is 0.375. The Hall–Kier alpha value is -2.48. The zero-order chi connectivity index (χ0) is 17.9. The van der Waals surface area contributed by atoms with Crippen molar-refractivity contribution < 1.29 is 14.5 Å². The molecule has 1 amide bonds. The normalized spacial score (nSPS) is 12.0. The predicted molar refractivity (Wildman–Crippen MR) is 91.7 cm³/mol. The summed E-state index contributed by atoms with van der Waals surface area (Å²) in [5.41, 5.74) is 0.440. The Morgan fingerprint density at radius 1 is 1.38 bits per heavy atom. The largest absolute Gasteiger partial charge is 0.497 e. The van der Waals surface area contributed by atoms with Crippen LogP contribution in [0.5, 0.6) is 5.75 Å². The summed E-state index contributed by atoms with van der Waals surface area (Å²) in [6.45, 7) is 5.89. The molecule has 0 aliphatic heterocycles. The highest BCUT2D eigenvalue weighted by atomic mass is 32.1. The summed E-state index contributed by atoms with van der Waals surface area (Å²) in [5, 5.41) is 16.8. The summed E-state index contributed by atoms with van der Waals surface area (Å²) in [7, 11) is 1.44. The van der Waals surface area contributed by atoms with Gasteiger partial charge in [-0.2, -0.15) is 0 Å². The molecule has 0 aliphatic rings. The third-order valence-corrected chi connectivity index (χ3v) is 4.63. The van der Waals surface area contributed by atoms with E-state index < -0.39 is 10.8 Å². The summed E-state index contributed by atoms with van der Waals surface area (Å²) in [5.74, 6) is 0.160. The summed E-state index contributed by atoms with van der Waals surface area (Å²) in [6.07, 6.45) is 0. The van der Waals surface area contributed by atoms with E-state index in [-0.39, 0.29) is 17.3 Å². The summed E-state index contributed by atoms with van der Waals surface area (Å²) in [6, 6.07) is 3.72. The van der Waals surface area contributed by atoms with E-state index in [1.807, 2.05) is 19.2 Å². The van der Waals surface area contributed by atoms with Gasteiger partial charge in [0.25, 0.3) is 11.6 Å². The standard InChI is InChI=1S/C16H19N3O4S/c1-9(2)16-18-13(8-24-16)10(3)17-15(20)12-7-11(23-4)5-6-14(12)19(21)22/h5-10H,1-4H3,(H,17,20)/t10-/m1/s1. The number of methoxy groups -OCH3 is 1. The topological polar surface area (TPSA) is 94.4 Å². The number of carbonyl (C=O) groups is 1. The van der Waals surface area contributed by atoms with Crippen LogP contribution >= 0.6 is 11.3 Å². The molecular formula is C16H19N3O4S. The van der Waals surface area contributed by atoms with E-state index in [1.165, 1.54) is 36.6 Å². The second-order valence-corrected chi connectivity index (χ2v) is 6.49. The molecule has 0 spiro atoms. The van der Waals surface area contributed by atoms with Crippen molar-refractivity contribution in [1.29, 1.82) is 0 Å². The fourth-order valence-corrected chi connectivity index (χ4v) is 3.02. The van der Waals surface area contributed by atoms with E-state index in [9.17, 15) is 14.9 Å². The van der Waals surface area contributed by atoms with E-state index >= 15 is 0 Å². The van der Waals surface area contributed by atoms with Crippen LogP contribution in [0.1, 0.15) is 53.8 Å². The molecule has 1 atom stereocenters. The van der Waals surface area contributed by atoms with Crippen LogP contribution in [0.3, 0.4) is 0 Å². The fourth-order valence-electron chi connectivity index (χ4n) is 2.10. The Balaban J connectivity index is 2.23. The number of hydrogen-bond acceptors (Lipinski definition) is 6. The lowest BCUT2D eigenvalue weighted by Crippen LogP contribution is -2.27. The van der Waals surface area contributed by atoms with Gasteiger partial charge in [-0.05, 0) is 19.1 Å². The Morgan fingerprint density at radius 2 is 2.08 bits per heavy atom. The van der Waals surface area contributed by atoms with Crippen molar-refractivity contribution in [2.75, 3.05) is 7.11 Å². The van der Waals surface area contributed by atoms with Crippen LogP contribution in [-0.2, 0) is 0 Å². The lowest BCUT2D eigenvalue weighted by molar-refractivity contribution is -0.385. The first-order chi connectivity index (χ1) is 11.3. The maximum Gasteiger partial charge on any atom is 0.282 e. The van der Waals surface area contributed by atoms with Gasteiger partial charge in [-0.15, -0.1) is 11.3 Å². The number of rotatable bonds is 6. The van der Waals surface area contributed by atoms with Crippen molar-refractivity contribution in [3.63, 3.8) is 0 Å². The van der Waals surface area contributed by atoms with E-state index in [1.54, 1.807) is 6.92 Å². The highest BCUT2D eigenvalue weighted by Crippen LogP contribution is 2.26. The third kappa shape index (κ3) is 3.88. The molecule has 0 bridgehead atoms. The zero-order valence-electron chi connectivity index (χ0n) is 13.9. The van der Waals surface area contributed by atoms with Crippen LogP contribution in [0.15, 0.2) is 23.6 Å². The molecular weight excluding hydrogens is 330 g/mol. The van der Waals surface area contributed by atoms with Crippen LogP contribution < -0.4 is 10.1 Å². The molecule has 8 heteroatoms. The molecule has 128 valence electrons. The van der Waals surface area contributed by atoms with Gasteiger partial charge in [0.15, 0.2) is 0 Å². The number of amides is 1. The average molecular weight is 349 g/mol. The second kappa shape index (κ2) is 7.39. The number of nitro groups is 1. The minimum absolute atomic E-state index is 0.0366. The number of nitro benzene ring substituents is 1. The maximum absolute atomic E-state index is 12.5. The molecule has 1 aromatic carbocycles. The first-order valence-electron chi connectivity index (χ1n) is 7.42. The number of aromatic nitrogens is 1. The second-order valence-electron chi connectivity index (χ2n) is 5.60. The predicted octanol–water partition coefficient (Wildman–Crippen LogP) is 3.67. The van der Waals surface area contributed by atoms with Crippen molar-refractivity contribution in [3.05, 3.63) is 50.0 Å². The molecule has 2 rings (SSSR count). The smallest absolute Gasteiger partial charge is 0.282 e. The molecule has 2 aromatic rings. The lowest BCUT2D eigenvalue weighted by Gasteiger charge is -2.12. The van der Waals surface area contributed by atoms with Gasteiger partial charge in [0.2, 0.25) is 0 Å². The van der Waals surface area contributed by atoms with E-state index in [0.717, 1.165) is 10.7 Å². The van der Waals surface area contributed by atoms with Gasteiger partial charge in [-0.3, -0.25) is 14.9 Å². The summed E-state index contributed by atoms with van der Waals surface area (Å²) in [4.78, 5) is 27.5. The number of nitrogens with one attached hydrogen (secondary N) is 1. The Labute approximate surface area is 143 Å². The number of carbonyl (C=O) groups excluding carboxylic acids is 1. The van der Waals surface area contributed by atoms with Gasteiger partial charge in [0, 0.05) is 17.4 Å². The molecule has 1 aromatic heterocycles. The molecule has 0 fully saturated rings. The van der Waals surface area contributed by atoms with Crippen LogP contribution in [0.4, 0.5) is 5.69 Å². The minimum Gasteiger partial charge on any atom is -0.497 e. The molecule has 0 saturated heterocycles. The lowest BCUT2D eigenvalue weighted by atomic mass is 10.1. The van der Waals surface area contributed by atoms with Gasteiger partial charge in [-0.25, -0.2) is 4.98 Å². The van der Waals surface area contributed by atoms with Gasteiger partial charge in [-0.1, -0.05) is 13.8 Å². The van der Waals surface area contributed by atoms with Crippen LogP contribution in [0.2, 0.25) is 0 Å². The van der Waals surface area contributed by atoms with Crippen LogP contribution in [0, 0.1) is 10.1 Å². The molecule has 1 N–H and O–H groups in total. The quantitative estimate of drug-likeness (QED) is 0.634. The summed E-state index contributed by atoms with van der Waals surface area (Å²) >= 11 is 1.53. The average Bonchev–Trinajstić information content (AvgIpc) is 3.04. The number of benzene rings is 1. The molecule has 0 aliphatic carbocycles. The van der Waals surface area contributed by atoms with E-state index in [0.29, 0.717) is 11.7 Å². The molecule has 0 unspecified atom stereocenters. The first kappa shape index (κ1) is 17.9. The Bertz CT molecular complexity index is 758. The van der Waals surface area contributed by atoms with Gasteiger partial charge < -0.3 is 10.1 Å². The summed E-state index contributed by atoms with van der Waals surface area (Å²) < 4.78 is 5.05. The van der Waals surface area contributed by atoms with Crippen molar-refractivity contribution in [3.8, 4) is 5.75 Å². The molecule has 24 heavy (non-hydrogen) atoms. The minimum atomic E-state index is -0.585. The van der Waals surface area contributed by atoms with Crippen molar-refractivity contribution in [2.24, 2.45) is 0 Å². The third-order valence-electron chi connectivity index (χ3n) is 3.47. The SMILES string of the molecule is COc1ccc([N+](=O)[O-])c(C(=O)N[C@H](C)c2csc(C(C)C)n2)c1. The Kier molecular flexibility index (Phi) is 5.50. The molecule has 0 radical (unpaired) electrons. The molecule has 0 saturated carbocycles. The molecule has 7 nitrogen and oxygen atoms in total. The van der Waals surface area contributed by atoms with Crippen molar-refractivity contribution in [2.45, 2.75) is 32.7 Å². The van der Waals surface area contributed by atoms with Crippen molar-refractivity contribution >= 4 is 22.9 Å². The highest BCUT2D eigenvalue weighted by molar-refractivity contribution is 7.09. The van der Waals surface area contributed by atoms with Gasteiger partial charge in [0.1, 0.15) is 11.3 Å². The highest BCUT2D eigenvalue weighted by Gasteiger charge is 2.23. The van der Waals surface area contributed by atoms with E-state index in [4.69, 9.17) is 4.74 Å². The number of nitrogens with zero attached hydrogens (tertiary/aromatic N) is 2.